The van der Waals surface area contributed by atoms with E-state index in [9.17, 15) is 4.39 Å². The zero-order chi connectivity index (χ0) is 12.8. The lowest BCUT2D eigenvalue weighted by Crippen LogP contribution is -1.91. The molecule has 94 valence electrons. The van der Waals surface area contributed by atoms with Gasteiger partial charge in [-0.3, -0.25) is 0 Å². The van der Waals surface area contributed by atoms with Gasteiger partial charge < -0.3 is 5.73 Å². The highest BCUT2D eigenvalue weighted by Crippen LogP contribution is 2.27. The minimum atomic E-state index is -0.282. The van der Waals surface area contributed by atoms with Crippen LogP contribution in [0, 0.1) is 5.82 Å². The lowest BCUT2D eigenvalue weighted by molar-refractivity contribution is 0.627. The molecule has 2 aromatic rings. The second-order valence-corrected chi connectivity index (χ2v) is 6.00. The van der Waals surface area contributed by atoms with Crippen LogP contribution in [0.25, 0.3) is 0 Å². The second-order valence-electron chi connectivity index (χ2n) is 3.69. The molecule has 0 radical (unpaired) electrons. The summed E-state index contributed by atoms with van der Waals surface area (Å²) >= 11 is 3.48. The molecule has 0 atom stereocenters. The van der Waals surface area contributed by atoms with Crippen molar-refractivity contribution in [3.05, 3.63) is 54.3 Å². The van der Waals surface area contributed by atoms with E-state index in [1.54, 1.807) is 17.8 Å². The highest BCUT2D eigenvalue weighted by molar-refractivity contribution is 8.03. The van der Waals surface area contributed by atoms with Crippen molar-refractivity contribution in [2.24, 2.45) is 0 Å². The van der Waals surface area contributed by atoms with Crippen LogP contribution in [-0.4, -0.2) is 11.5 Å². The molecule has 2 N–H and O–H groups in total. The number of rotatable bonds is 5. The van der Waals surface area contributed by atoms with Gasteiger partial charge in [0.25, 0.3) is 0 Å². The molecule has 0 amide bonds. The molecule has 1 nitrogen and oxygen atoms in total. The maximum atomic E-state index is 12.9. The van der Waals surface area contributed by atoms with Crippen LogP contribution in [0.5, 0.6) is 0 Å². The van der Waals surface area contributed by atoms with Gasteiger partial charge in [-0.15, -0.1) is 23.5 Å². The van der Waals surface area contributed by atoms with Gasteiger partial charge in [-0.2, -0.15) is 0 Å². The number of hydrogen-bond donors (Lipinski definition) is 1. The van der Waals surface area contributed by atoms with Gasteiger partial charge in [0, 0.05) is 27.0 Å². The molecular weight excluding hydrogens is 265 g/mol. The number of anilines is 1. The van der Waals surface area contributed by atoms with Crippen LogP contribution in [0.2, 0.25) is 0 Å². The van der Waals surface area contributed by atoms with Crippen molar-refractivity contribution in [3.63, 3.8) is 0 Å². The summed E-state index contributed by atoms with van der Waals surface area (Å²) in [6, 6.07) is 14.8. The Labute approximate surface area is 115 Å². The van der Waals surface area contributed by atoms with Crippen LogP contribution in [0.1, 0.15) is 0 Å². The normalized spacial score (nSPS) is 10.5. The first kappa shape index (κ1) is 13.3. The average molecular weight is 279 g/mol. The first-order valence-corrected chi connectivity index (χ1v) is 7.58. The number of thioether (sulfide) groups is 2. The van der Waals surface area contributed by atoms with E-state index in [-0.39, 0.29) is 5.82 Å². The summed E-state index contributed by atoms with van der Waals surface area (Å²) in [5.74, 6) is 1.68. The van der Waals surface area contributed by atoms with Gasteiger partial charge in [0.05, 0.1) is 0 Å². The zero-order valence-corrected chi connectivity index (χ0v) is 11.4. The first-order chi connectivity index (χ1) is 8.75. The molecule has 2 aromatic carbocycles. The topological polar surface area (TPSA) is 26.0 Å². The third kappa shape index (κ3) is 3.96. The van der Waals surface area contributed by atoms with E-state index < -0.39 is 0 Å². The summed E-state index contributed by atoms with van der Waals surface area (Å²) < 4.78 is 12.9. The number of nitrogen functional groups attached to an aromatic ring is 1. The fraction of sp³-hybridized carbons (Fsp3) is 0.143. The molecule has 0 saturated heterocycles. The smallest absolute Gasteiger partial charge is 0.125 e. The Bertz CT molecular complexity index is 502. The van der Waals surface area contributed by atoms with Crippen LogP contribution in [0.3, 0.4) is 0 Å². The molecule has 0 aliphatic rings. The largest absolute Gasteiger partial charge is 0.398 e. The van der Waals surface area contributed by atoms with Crippen molar-refractivity contribution in [1.29, 1.82) is 0 Å². The van der Waals surface area contributed by atoms with E-state index >= 15 is 0 Å². The highest BCUT2D eigenvalue weighted by atomic mass is 32.2. The van der Waals surface area contributed by atoms with Crippen LogP contribution in [0.15, 0.2) is 58.3 Å². The standard InChI is InChI=1S/C14H14FNS2/c15-11-6-7-14(13(16)10-11)18-9-8-17-12-4-2-1-3-5-12/h1-7,10H,8-9,16H2. The lowest BCUT2D eigenvalue weighted by atomic mass is 10.3. The van der Waals surface area contributed by atoms with Crippen LogP contribution >= 0.6 is 23.5 Å². The molecule has 4 heteroatoms. The van der Waals surface area contributed by atoms with Crippen LogP contribution < -0.4 is 5.73 Å². The maximum absolute atomic E-state index is 12.9. The predicted molar refractivity (Wildman–Crippen MR) is 78.7 cm³/mol. The van der Waals surface area contributed by atoms with Crippen LogP contribution in [0.4, 0.5) is 10.1 Å². The molecular formula is C14H14FNS2. The van der Waals surface area contributed by atoms with Gasteiger partial charge >= 0.3 is 0 Å². The van der Waals surface area contributed by atoms with Gasteiger partial charge in [0.15, 0.2) is 0 Å². The molecule has 0 bridgehead atoms. The quantitative estimate of drug-likeness (QED) is 0.502. The molecule has 0 fully saturated rings. The summed E-state index contributed by atoms with van der Waals surface area (Å²) in [7, 11) is 0. The Kier molecular flexibility index (Phi) is 4.96. The summed E-state index contributed by atoms with van der Waals surface area (Å²) in [4.78, 5) is 2.22. The van der Waals surface area contributed by atoms with E-state index in [0.717, 1.165) is 16.4 Å². The molecule has 0 aromatic heterocycles. The lowest BCUT2D eigenvalue weighted by Gasteiger charge is -2.05. The number of hydrogen-bond acceptors (Lipinski definition) is 3. The van der Waals surface area contributed by atoms with E-state index in [2.05, 4.69) is 12.1 Å². The molecule has 0 spiro atoms. The first-order valence-electron chi connectivity index (χ1n) is 5.61. The molecule has 0 saturated carbocycles. The molecule has 0 aliphatic heterocycles. The average Bonchev–Trinajstić information content (AvgIpc) is 2.38. The molecule has 0 heterocycles. The van der Waals surface area contributed by atoms with Gasteiger partial charge in [-0.1, -0.05) is 18.2 Å². The van der Waals surface area contributed by atoms with E-state index in [4.69, 9.17) is 5.73 Å². The Morgan fingerprint density at radius 3 is 2.39 bits per heavy atom. The minimum Gasteiger partial charge on any atom is -0.398 e. The Balaban J connectivity index is 1.79. The summed E-state index contributed by atoms with van der Waals surface area (Å²) in [6.07, 6.45) is 0. The van der Waals surface area contributed by atoms with Gasteiger partial charge in [0.2, 0.25) is 0 Å². The van der Waals surface area contributed by atoms with E-state index in [1.807, 2.05) is 30.0 Å². The Morgan fingerprint density at radius 2 is 1.67 bits per heavy atom. The van der Waals surface area contributed by atoms with E-state index in [1.165, 1.54) is 17.0 Å². The minimum absolute atomic E-state index is 0.282. The van der Waals surface area contributed by atoms with Gasteiger partial charge in [-0.25, -0.2) is 4.39 Å². The van der Waals surface area contributed by atoms with Crippen molar-refractivity contribution in [2.45, 2.75) is 9.79 Å². The summed E-state index contributed by atoms with van der Waals surface area (Å²) in [6.45, 7) is 0. The monoisotopic (exact) mass is 279 g/mol. The maximum Gasteiger partial charge on any atom is 0.125 e. The number of halogens is 1. The molecule has 0 aliphatic carbocycles. The number of benzene rings is 2. The van der Waals surface area contributed by atoms with Crippen molar-refractivity contribution in [1.82, 2.24) is 0 Å². The predicted octanol–water partition coefficient (Wildman–Crippen LogP) is 4.29. The van der Waals surface area contributed by atoms with Crippen molar-refractivity contribution in [2.75, 3.05) is 17.2 Å². The van der Waals surface area contributed by atoms with Gasteiger partial charge in [0.1, 0.15) is 5.82 Å². The van der Waals surface area contributed by atoms with Crippen molar-refractivity contribution >= 4 is 29.2 Å². The third-order valence-electron chi connectivity index (χ3n) is 2.32. The SMILES string of the molecule is Nc1cc(F)ccc1SCCSc1ccccc1. The molecule has 0 unspecified atom stereocenters. The Hall–Kier alpha value is -1.13. The summed E-state index contributed by atoms with van der Waals surface area (Å²) in [5.41, 5.74) is 6.27. The highest BCUT2D eigenvalue weighted by Gasteiger charge is 2.01. The van der Waals surface area contributed by atoms with Crippen LogP contribution in [-0.2, 0) is 0 Å². The Morgan fingerprint density at radius 1 is 0.944 bits per heavy atom. The van der Waals surface area contributed by atoms with E-state index in [0.29, 0.717) is 5.69 Å². The zero-order valence-electron chi connectivity index (χ0n) is 9.80. The molecule has 2 rings (SSSR count). The fourth-order valence-electron chi connectivity index (χ4n) is 1.48. The second kappa shape index (κ2) is 6.71. The third-order valence-corrected chi connectivity index (χ3v) is 4.69. The van der Waals surface area contributed by atoms with Gasteiger partial charge in [-0.05, 0) is 30.3 Å². The number of nitrogens with two attached hydrogens (primary N) is 1. The molecule has 18 heavy (non-hydrogen) atoms. The van der Waals surface area contributed by atoms with Crippen molar-refractivity contribution < 1.29 is 4.39 Å². The summed E-state index contributed by atoms with van der Waals surface area (Å²) in [5, 5.41) is 0. The van der Waals surface area contributed by atoms with Crippen molar-refractivity contribution in [3.8, 4) is 0 Å². The fourth-order valence-corrected chi connectivity index (χ4v) is 3.34.